The molecular weight excluding hydrogens is 292 g/mol. The van der Waals surface area contributed by atoms with E-state index in [1.807, 2.05) is 18.7 Å². The Morgan fingerprint density at radius 3 is 2.62 bits per heavy atom. The molecule has 0 bridgehead atoms. The van der Waals surface area contributed by atoms with Crippen LogP contribution in [0.1, 0.15) is 19.7 Å². The molecule has 0 radical (unpaired) electrons. The third kappa shape index (κ3) is 4.28. The van der Waals surface area contributed by atoms with Gasteiger partial charge in [0.25, 0.3) is 0 Å². The third-order valence-corrected chi connectivity index (χ3v) is 3.56. The van der Waals surface area contributed by atoms with Crippen molar-refractivity contribution >= 4 is 23.3 Å². The molecular formula is C14H21ClN4O2. The average molecular weight is 313 g/mol. The number of aromatic nitrogens is 2. The van der Waals surface area contributed by atoms with E-state index in [1.165, 1.54) is 0 Å². The van der Waals surface area contributed by atoms with Gasteiger partial charge in [-0.2, -0.15) is 0 Å². The fraction of sp³-hybridized carbons (Fsp3) is 0.643. The summed E-state index contributed by atoms with van der Waals surface area (Å²) in [5.74, 6) is 1.36. The third-order valence-electron chi connectivity index (χ3n) is 3.37. The molecule has 1 atom stereocenters. The minimum atomic E-state index is -0.339. The molecule has 6 nitrogen and oxygen atoms in total. The van der Waals surface area contributed by atoms with E-state index in [-0.39, 0.29) is 17.9 Å². The van der Waals surface area contributed by atoms with Gasteiger partial charge in [-0.3, -0.25) is 4.79 Å². The van der Waals surface area contributed by atoms with Crippen molar-refractivity contribution in [3.63, 3.8) is 0 Å². The molecule has 0 aliphatic carbocycles. The Balaban J connectivity index is 2.12. The van der Waals surface area contributed by atoms with Gasteiger partial charge in [0.15, 0.2) is 0 Å². The Labute approximate surface area is 129 Å². The van der Waals surface area contributed by atoms with Crippen LogP contribution in [0, 0.1) is 12.8 Å². The van der Waals surface area contributed by atoms with Gasteiger partial charge in [0.1, 0.15) is 22.8 Å². The summed E-state index contributed by atoms with van der Waals surface area (Å²) in [5.41, 5.74) is 0. The summed E-state index contributed by atoms with van der Waals surface area (Å²) in [6.45, 7) is 8.23. The SMILES string of the molecule is Cc1nc(Cl)cc(NC(C(=O)N2CCOCC2)C(C)C)n1. The number of morpholine rings is 1. The second-order valence-corrected chi connectivity index (χ2v) is 5.81. The van der Waals surface area contributed by atoms with Gasteiger partial charge < -0.3 is 15.0 Å². The van der Waals surface area contributed by atoms with Crippen molar-refractivity contribution in [2.24, 2.45) is 5.92 Å². The molecule has 1 saturated heterocycles. The van der Waals surface area contributed by atoms with Crippen LogP contribution in [0.2, 0.25) is 5.15 Å². The van der Waals surface area contributed by atoms with Crippen LogP contribution in [0.25, 0.3) is 0 Å². The number of halogens is 1. The molecule has 7 heteroatoms. The fourth-order valence-corrected chi connectivity index (χ4v) is 2.48. The number of hydrogen-bond donors (Lipinski definition) is 1. The molecule has 116 valence electrons. The Morgan fingerprint density at radius 2 is 2.05 bits per heavy atom. The quantitative estimate of drug-likeness (QED) is 0.858. The first-order valence-electron chi connectivity index (χ1n) is 7.11. The van der Waals surface area contributed by atoms with E-state index in [9.17, 15) is 4.79 Å². The van der Waals surface area contributed by atoms with E-state index < -0.39 is 0 Å². The van der Waals surface area contributed by atoms with Crippen LogP contribution in [-0.2, 0) is 9.53 Å². The Hall–Kier alpha value is -1.40. The lowest BCUT2D eigenvalue weighted by molar-refractivity contribution is -0.137. The van der Waals surface area contributed by atoms with Crippen LogP contribution in [0.4, 0.5) is 5.82 Å². The molecule has 0 saturated carbocycles. The molecule has 0 aromatic carbocycles. The van der Waals surface area contributed by atoms with Crippen molar-refractivity contribution in [3.8, 4) is 0 Å². The molecule has 1 amide bonds. The second-order valence-electron chi connectivity index (χ2n) is 5.43. The number of aryl methyl sites for hydroxylation is 1. The van der Waals surface area contributed by atoms with Crippen LogP contribution in [0.15, 0.2) is 6.07 Å². The maximum atomic E-state index is 12.6. The molecule has 1 unspecified atom stereocenters. The molecule has 1 aromatic heterocycles. The molecule has 1 fully saturated rings. The Morgan fingerprint density at radius 1 is 1.38 bits per heavy atom. The van der Waals surface area contributed by atoms with Crippen LogP contribution >= 0.6 is 11.6 Å². The summed E-state index contributed by atoms with van der Waals surface area (Å²) in [7, 11) is 0. The number of amides is 1. The lowest BCUT2D eigenvalue weighted by atomic mass is 10.0. The lowest BCUT2D eigenvalue weighted by Gasteiger charge is -2.32. The predicted molar refractivity (Wildman–Crippen MR) is 81.4 cm³/mol. The fourth-order valence-electron chi connectivity index (χ4n) is 2.26. The van der Waals surface area contributed by atoms with Gasteiger partial charge in [-0.1, -0.05) is 25.4 Å². The second kappa shape index (κ2) is 7.04. The van der Waals surface area contributed by atoms with Gasteiger partial charge in [0, 0.05) is 19.2 Å². The molecule has 0 spiro atoms. The number of hydrogen-bond acceptors (Lipinski definition) is 5. The largest absolute Gasteiger partial charge is 0.378 e. The molecule has 2 heterocycles. The number of carbonyl (C=O) groups is 1. The zero-order valence-corrected chi connectivity index (χ0v) is 13.4. The maximum Gasteiger partial charge on any atom is 0.245 e. The van der Waals surface area contributed by atoms with Crippen LogP contribution in [0.3, 0.4) is 0 Å². The number of rotatable bonds is 4. The molecule has 1 aliphatic rings. The van der Waals surface area contributed by atoms with Crippen LogP contribution in [0.5, 0.6) is 0 Å². The van der Waals surface area contributed by atoms with Gasteiger partial charge in [0.2, 0.25) is 5.91 Å². The van der Waals surface area contributed by atoms with E-state index in [1.54, 1.807) is 13.0 Å². The summed E-state index contributed by atoms with van der Waals surface area (Å²) >= 11 is 5.94. The van der Waals surface area contributed by atoms with E-state index in [4.69, 9.17) is 16.3 Å². The summed E-state index contributed by atoms with van der Waals surface area (Å²) in [6, 6.07) is 1.30. The van der Waals surface area contributed by atoms with Gasteiger partial charge in [-0.25, -0.2) is 9.97 Å². The number of anilines is 1. The highest BCUT2D eigenvalue weighted by atomic mass is 35.5. The average Bonchev–Trinajstić information content (AvgIpc) is 2.43. The molecule has 21 heavy (non-hydrogen) atoms. The molecule has 1 N–H and O–H groups in total. The summed E-state index contributed by atoms with van der Waals surface area (Å²) < 4.78 is 5.29. The Kier molecular flexibility index (Phi) is 5.36. The minimum absolute atomic E-state index is 0.0701. The highest BCUT2D eigenvalue weighted by molar-refractivity contribution is 6.29. The van der Waals surface area contributed by atoms with Crippen molar-refractivity contribution in [1.82, 2.24) is 14.9 Å². The van der Waals surface area contributed by atoms with Crippen molar-refractivity contribution in [2.45, 2.75) is 26.8 Å². The smallest absolute Gasteiger partial charge is 0.245 e. The predicted octanol–water partition coefficient (Wildman–Crippen LogP) is 1.73. The lowest BCUT2D eigenvalue weighted by Crippen LogP contribution is -2.49. The number of nitrogens with zero attached hydrogens (tertiary/aromatic N) is 3. The van der Waals surface area contributed by atoms with Crippen molar-refractivity contribution < 1.29 is 9.53 Å². The zero-order chi connectivity index (χ0) is 15.4. The molecule has 1 aromatic rings. The standard InChI is InChI=1S/C14H21ClN4O2/c1-9(2)13(14(20)19-4-6-21-7-5-19)18-12-8-11(15)16-10(3)17-12/h8-9,13H,4-7H2,1-3H3,(H,16,17,18). The minimum Gasteiger partial charge on any atom is -0.378 e. The number of ether oxygens (including phenoxy) is 1. The highest BCUT2D eigenvalue weighted by Gasteiger charge is 2.28. The monoisotopic (exact) mass is 312 g/mol. The van der Waals surface area contributed by atoms with Gasteiger partial charge in [-0.05, 0) is 12.8 Å². The Bertz CT molecular complexity index is 483. The first-order valence-corrected chi connectivity index (χ1v) is 7.49. The number of carbonyl (C=O) groups excluding carboxylic acids is 1. The summed E-state index contributed by atoms with van der Waals surface area (Å²) in [4.78, 5) is 22.8. The van der Waals surface area contributed by atoms with Gasteiger partial charge >= 0.3 is 0 Å². The van der Waals surface area contributed by atoms with E-state index >= 15 is 0 Å². The van der Waals surface area contributed by atoms with Gasteiger partial charge in [-0.15, -0.1) is 0 Å². The zero-order valence-electron chi connectivity index (χ0n) is 12.6. The van der Waals surface area contributed by atoms with Crippen molar-refractivity contribution in [1.29, 1.82) is 0 Å². The summed E-state index contributed by atoms with van der Waals surface area (Å²) in [6.07, 6.45) is 0. The normalized spacial score (nSPS) is 16.9. The first kappa shape index (κ1) is 16.0. The summed E-state index contributed by atoms with van der Waals surface area (Å²) in [5, 5.41) is 3.56. The van der Waals surface area contributed by atoms with Crippen molar-refractivity contribution in [3.05, 3.63) is 17.0 Å². The number of nitrogens with one attached hydrogen (secondary N) is 1. The maximum absolute atomic E-state index is 12.6. The molecule has 2 rings (SSSR count). The van der Waals surface area contributed by atoms with Crippen LogP contribution in [-0.4, -0.2) is 53.1 Å². The van der Waals surface area contributed by atoms with E-state index in [2.05, 4.69) is 15.3 Å². The molecule has 1 aliphatic heterocycles. The van der Waals surface area contributed by atoms with E-state index in [0.29, 0.717) is 43.1 Å². The topological polar surface area (TPSA) is 67.4 Å². The highest BCUT2D eigenvalue weighted by Crippen LogP contribution is 2.17. The van der Waals surface area contributed by atoms with Gasteiger partial charge in [0.05, 0.1) is 13.2 Å². The first-order chi connectivity index (χ1) is 9.97. The van der Waals surface area contributed by atoms with E-state index in [0.717, 1.165) is 0 Å². The van der Waals surface area contributed by atoms with Crippen LogP contribution < -0.4 is 5.32 Å². The van der Waals surface area contributed by atoms with Crippen molar-refractivity contribution in [2.75, 3.05) is 31.6 Å².